The third kappa shape index (κ3) is 13.6. The highest BCUT2D eigenvalue weighted by atomic mass is 16.5. The van der Waals surface area contributed by atoms with E-state index in [1.807, 2.05) is 0 Å². The lowest BCUT2D eigenvalue weighted by molar-refractivity contribution is 0.0580. The quantitative estimate of drug-likeness (QED) is 0.191. The molecule has 1 unspecified atom stereocenters. The molecule has 1 heterocycles. The number of benzene rings is 1. The molecule has 0 aliphatic carbocycles. The summed E-state index contributed by atoms with van der Waals surface area (Å²) in [7, 11) is 2.21. The first kappa shape index (κ1) is 27.3. The first-order valence-electron chi connectivity index (χ1n) is 13.7. The van der Waals surface area contributed by atoms with Crippen molar-refractivity contribution >= 4 is 0 Å². The maximum absolute atomic E-state index is 6.04. The van der Waals surface area contributed by atoms with Crippen molar-refractivity contribution in [3.8, 4) is 0 Å². The second kappa shape index (κ2) is 18.5. The minimum Gasteiger partial charge on any atom is -0.377 e. The van der Waals surface area contributed by atoms with E-state index in [1.165, 1.54) is 102 Å². The molecule has 184 valence electrons. The first-order valence-corrected chi connectivity index (χ1v) is 13.7. The van der Waals surface area contributed by atoms with Crippen LogP contribution in [0.25, 0.3) is 0 Å². The number of likely N-dealkylation sites (tertiary alicyclic amines) is 1. The van der Waals surface area contributed by atoms with Gasteiger partial charge in [-0.15, -0.1) is 0 Å². The smallest absolute Gasteiger partial charge is 0.0716 e. The number of likely N-dealkylation sites (N-methyl/N-ethyl adjacent to an activating group) is 1. The van der Waals surface area contributed by atoms with Crippen molar-refractivity contribution < 1.29 is 9.47 Å². The van der Waals surface area contributed by atoms with Crippen LogP contribution in [0.4, 0.5) is 0 Å². The Morgan fingerprint density at radius 1 is 0.719 bits per heavy atom. The molecule has 1 saturated heterocycles. The molecule has 0 saturated carbocycles. The van der Waals surface area contributed by atoms with Crippen LogP contribution in [0.1, 0.15) is 109 Å². The molecule has 3 nitrogen and oxygen atoms in total. The fourth-order valence-electron chi connectivity index (χ4n) is 4.70. The van der Waals surface area contributed by atoms with Gasteiger partial charge in [-0.3, -0.25) is 0 Å². The lowest BCUT2D eigenvalue weighted by Gasteiger charge is -2.12. The summed E-state index contributed by atoms with van der Waals surface area (Å²) in [6.07, 6.45) is 20.9. The Balaban J connectivity index is 1.21. The number of rotatable bonds is 20. The van der Waals surface area contributed by atoms with E-state index in [1.54, 1.807) is 0 Å². The SMILES string of the molecule is C[C@H]1CC(OCCCCCCCCCCCCCCCCOCc2ccccc2)CN1C. The largest absolute Gasteiger partial charge is 0.377 e. The summed E-state index contributed by atoms with van der Waals surface area (Å²) in [5, 5.41) is 0. The Labute approximate surface area is 199 Å². The van der Waals surface area contributed by atoms with Crippen LogP contribution in [0.3, 0.4) is 0 Å². The fourth-order valence-corrected chi connectivity index (χ4v) is 4.70. The molecule has 0 amide bonds. The lowest BCUT2D eigenvalue weighted by atomic mass is 10.0. The lowest BCUT2D eigenvalue weighted by Crippen LogP contribution is -2.22. The highest BCUT2D eigenvalue weighted by Crippen LogP contribution is 2.18. The number of hydrogen-bond acceptors (Lipinski definition) is 3. The number of ether oxygens (including phenoxy) is 2. The zero-order valence-electron chi connectivity index (χ0n) is 21.2. The Hall–Kier alpha value is -0.900. The van der Waals surface area contributed by atoms with E-state index < -0.39 is 0 Å². The van der Waals surface area contributed by atoms with Gasteiger partial charge in [0.15, 0.2) is 0 Å². The molecule has 0 bridgehead atoms. The predicted octanol–water partition coefficient (Wildman–Crippen LogP) is 7.77. The molecule has 3 heteroatoms. The van der Waals surface area contributed by atoms with Gasteiger partial charge in [0.2, 0.25) is 0 Å². The van der Waals surface area contributed by atoms with Gasteiger partial charge in [-0.05, 0) is 38.8 Å². The summed E-state index contributed by atoms with van der Waals surface area (Å²) < 4.78 is 11.8. The van der Waals surface area contributed by atoms with Crippen molar-refractivity contribution in [2.45, 2.75) is 122 Å². The maximum Gasteiger partial charge on any atom is 0.0716 e. The van der Waals surface area contributed by atoms with E-state index in [0.717, 1.165) is 26.4 Å². The molecule has 2 rings (SSSR count). The Morgan fingerprint density at radius 2 is 1.22 bits per heavy atom. The van der Waals surface area contributed by atoms with Gasteiger partial charge < -0.3 is 14.4 Å². The van der Waals surface area contributed by atoms with E-state index >= 15 is 0 Å². The van der Waals surface area contributed by atoms with Gasteiger partial charge in [-0.1, -0.05) is 107 Å². The summed E-state index contributed by atoms with van der Waals surface area (Å²) in [5.74, 6) is 0. The third-order valence-corrected chi connectivity index (χ3v) is 7.00. The van der Waals surface area contributed by atoms with Crippen LogP contribution in [-0.4, -0.2) is 43.9 Å². The molecule has 0 spiro atoms. The van der Waals surface area contributed by atoms with E-state index in [0.29, 0.717) is 12.1 Å². The van der Waals surface area contributed by atoms with Crippen LogP contribution >= 0.6 is 0 Å². The van der Waals surface area contributed by atoms with E-state index in [2.05, 4.69) is 49.2 Å². The van der Waals surface area contributed by atoms with E-state index in [4.69, 9.17) is 9.47 Å². The molecule has 1 fully saturated rings. The van der Waals surface area contributed by atoms with Gasteiger partial charge in [0.05, 0.1) is 12.7 Å². The number of hydrogen-bond donors (Lipinski definition) is 0. The van der Waals surface area contributed by atoms with Gasteiger partial charge in [-0.2, -0.15) is 0 Å². The maximum atomic E-state index is 6.04. The number of nitrogens with zero attached hydrogens (tertiary/aromatic N) is 1. The normalized spacial score (nSPS) is 19.1. The van der Waals surface area contributed by atoms with Crippen molar-refractivity contribution in [2.75, 3.05) is 26.8 Å². The Kier molecular flexibility index (Phi) is 15.8. The van der Waals surface area contributed by atoms with Gasteiger partial charge in [-0.25, -0.2) is 0 Å². The highest BCUT2D eigenvalue weighted by molar-refractivity contribution is 5.13. The van der Waals surface area contributed by atoms with Gasteiger partial charge in [0, 0.05) is 25.8 Å². The minimum absolute atomic E-state index is 0.481. The second-order valence-corrected chi connectivity index (χ2v) is 10.0. The molecule has 32 heavy (non-hydrogen) atoms. The Morgan fingerprint density at radius 3 is 1.72 bits per heavy atom. The summed E-state index contributed by atoms with van der Waals surface area (Å²) in [6, 6.07) is 11.2. The number of unbranched alkanes of at least 4 members (excludes halogenated alkanes) is 13. The summed E-state index contributed by atoms with van der Waals surface area (Å²) in [4.78, 5) is 2.41. The third-order valence-electron chi connectivity index (χ3n) is 7.00. The van der Waals surface area contributed by atoms with Crippen LogP contribution in [-0.2, 0) is 16.1 Å². The molecular formula is C29H51NO2. The van der Waals surface area contributed by atoms with Gasteiger partial charge >= 0.3 is 0 Å². The zero-order chi connectivity index (χ0) is 22.7. The Bertz CT molecular complexity index is 525. The van der Waals surface area contributed by atoms with Crippen LogP contribution < -0.4 is 0 Å². The fraction of sp³-hybridized carbons (Fsp3) is 0.793. The topological polar surface area (TPSA) is 21.7 Å². The van der Waals surface area contributed by atoms with Crippen LogP contribution in [0, 0.1) is 0 Å². The van der Waals surface area contributed by atoms with Crippen molar-refractivity contribution in [1.29, 1.82) is 0 Å². The molecule has 0 radical (unpaired) electrons. The van der Waals surface area contributed by atoms with Crippen molar-refractivity contribution in [3.63, 3.8) is 0 Å². The average Bonchev–Trinajstić information content (AvgIpc) is 3.13. The van der Waals surface area contributed by atoms with E-state index in [9.17, 15) is 0 Å². The standard InChI is InChI=1S/C29H51NO2/c1-27-24-29(25-30(27)2)32-23-19-14-12-10-8-6-4-3-5-7-9-11-13-18-22-31-26-28-20-16-15-17-21-28/h15-17,20-21,27,29H,3-14,18-19,22-26H2,1-2H3/t27-,29?/m0/s1. The van der Waals surface area contributed by atoms with E-state index in [-0.39, 0.29) is 0 Å². The molecule has 1 aromatic rings. The molecular weight excluding hydrogens is 394 g/mol. The van der Waals surface area contributed by atoms with Crippen LogP contribution in [0.5, 0.6) is 0 Å². The van der Waals surface area contributed by atoms with Crippen molar-refractivity contribution in [1.82, 2.24) is 4.90 Å². The predicted molar refractivity (Wildman–Crippen MR) is 137 cm³/mol. The van der Waals surface area contributed by atoms with Gasteiger partial charge in [0.1, 0.15) is 0 Å². The summed E-state index contributed by atoms with van der Waals surface area (Å²) in [6.45, 7) is 6.04. The van der Waals surface area contributed by atoms with Crippen LogP contribution in [0.15, 0.2) is 30.3 Å². The van der Waals surface area contributed by atoms with Gasteiger partial charge in [0.25, 0.3) is 0 Å². The molecule has 1 aliphatic rings. The monoisotopic (exact) mass is 445 g/mol. The van der Waals surface area contributed by atoms with Crippen molar-refractivity contribution in [2.24, 2.45) is 0 Å². The van der Waals surface area contributed by atoms with Crippen molar-refractivity contribution in [3.05, 3.63) is 35.9 Å². The second-order valence-electron chi connectivity index (χ2n) is 10.0. The molecule has 0 N–H and O–H groups in total. The molecule has 0 aromatic heterocycles. The molecule has 1 aromatic carbocycles. The first-order chi connectivity index (χ1) is 15.8. The average molecular weight is 446 g/mol. The minimum atomic E-state index is 0.481. The highest BCUT2D eigenvalue weighted by Gasteiger charge is 2.26. The summed E-state index contributed by atoms with van der Waals surface area (Å²) in [5.41, 5.74) is 1.28. The molecule has 2 atom stereocenters. The molecule has 1 aliphatic heterocycles. The summed E-state index contributed by atoms with van der Waals surface area (Å²) >= 11 is 0. The van der Waals surface area contributed by atoms with Crippen LogP contribution in [0.2, 0.25) is 0 Å². The zero-order valence-corrected chi connectivity index (χ0v) is 21.2.